The molecule has 0 amide bonds. The number of nitrogens with zero attached hydrogens (tertiary/aromatic N) is 2. The lowest BCUT2D eigenvalue weighted by Crippen LogP contribution is -2.45. The summed E-state index contributed by atoms with van der Waals surface area (Å²) < 4.78 is 4.86. The Balaban J connectivity index is 2.12. The average molecular weight is 157 g/mol. The Morgan fingerprint density at radius 1 is 1.36 bits per heavy atom. The highest BCUT2D eigenvalue weighted by Crippen LogP contribution is 1.97. The molecule has 0 spiro atoms. The average Bonchev–Trinajstić information content (AvgIpc) is 2.04. The zero-order valence-corrected chi connectivity index (χ0v) is 6.92. The number of likely N-dealkylation sites (N-methyl/N-ethyl adjacent to an activating group) is 1. The molecule has 1 rings (SSSR count). The van der Waals surface area contributed by atoms with Crippen LogP contribution in [0.4, 0.5) is 0 Å². The maximum Gasteiger partial charge on any atom is 0.168 e. The van der Waals surface area contributed by atoms with E-state index in [0.717, 1.165) is 32.6 Å². The van der Waals surface area contributed by atoms with Gasteiger partial charge in [-0.2, -0.15) is 0 Å². The minimum absolute atomic E-state index is 0.567. The number of rotatable bonds is 3. The summed E-state index contributed by atoms with van der Waals surface area (Å²) in [5.41, 5.74) is 0. The van der Waals surface area contributed by atoms with Gasteiger partial charge in [0.1, 0.15) is 6.73 Å². The van der Waals surface area contributed by atoms with Crippen molar-refractivity contribution in [2.45, 2.75) is 0 Å². The summed E-state index contributed by atoms with van der Waals surface area (Å²) in [7, 11) is 2.12. The predicted octanol–water partition coefficient (Wildman–Crippen LogP) is -0.185. The second-order valence-electron chi connectivity index (χ2n) is 2.83. The maximum absolute atomic E-state index is 6.68. The fourth-order valence-electron chi connectivity index (χ4n) is 1.12. The molecule has 0 bridgehead atoms. The highest BCUT2D eigenvalue weighted by atomic mass is 16.5. The third-order valence-electron chi connectivity index (χ3n) is 1.94. The van der Waals surface area contributed by atoms with E-state index in [9.17, 15) is 0 Å². The number of hydrogen-bond acceptors (Lipinski definition) is 4. The Kier molecular flexibility index (Phi) is 3.32. The molecular formula is C7H15N3O. The van der Waals surface area contributed by atoms with Crippen LogP contribution in [-0.4, -0.2) is 56.2 Å². The van der Waals surface area contributed by atoms with E-state index in [1.165, 1.54) is 0 Å². The number of ether oxygens (including phenoxy) is 1. The van der Waals surface area contributed by atoms with E-state index < -0.39 is 0 Å². The van der Waals surface area contributed by atoms with Gasteiger partial charge in [-0.1, -0.05) is 0 Å². The Hall–Kier alpha value is -0.610. The van der Waals surface area contributed by atoms with E-state index in [1.807, 2.05) is 0 Å². The van der Waals surface area contributed by atoms with Crippen molar-refractivity contribution in [3.63, 3.8) is 0 Å². The molecule has 0 aromatic rings. The maximum atomic E-state index is 6.68. The molecule has 1 fully saturated rings. The summed E-state index contributed by atoms with van der Waals surface area (Å²) >= 11 is 0. The minimum atomic E-state index is 0.567. The van der Waals surface area contributed by atoms with E-state index in [0.29, 0.717) is 6.73 Å². The van der Waals surface area contributed by atoms with Gasteiger partial charge in [-0.3, -0.25) is 10.3 Å². The van der Waals surface area contributed by atoms with Crippen molar-refractivity contribution in [2.75, 3.05) is 40.0 Å². The minimum Gasteiger partial charge on any atom is -0.468 e. The summed E-state index contributed by atoms with van der Waals surface area (Å²) in [6, 6.07) is 0. The van der Waals surface area contributed by atoms with E-state index in [2.05, 4.69) is 16.8 Å². The highest BCUT2D eigenvalue weighted by Gasteiger charge is 2.12. The van der Waals surface area contributed by atoms with Crippen LogP contribution in [0.2, 0.25) is 0 Å². The van der Waals surface area contributed by atoms with Crippen LogP contribution in [0.5, 0.6) is 0 Å². The molecule has 11 heavy (non-hydrogen) atoms. The Morgan fingerprint density at radius 3 is 2.55 bits per heavy atom. The van der Waals surface area contributed by atoms with Crippen molar-refractivity contribution in [1.29, 1.82) is 5.41 Å². The fraction of sp³-hybridized carbons (Fsp3) is 0.857. The molecule has 4 nitrogen and oxygen atoms in total. The van der Waals surface area contributed by atoms with Crippen LogP contribution < -0.4 is 0 Å². The Labute approximate surface area is 67.2 Å². The van der Waals surface area contributed by atoms with E-state index in [1.54, 1.807) is 0 Å². The standard InChI is InChI=1S/C7H15N3O/c1-9-2-4-10(5-3-9)7-11-6-8/h6,8H,2-5,7H2,1H3. The van der Waals surface area contributed by atoms with Gasteiger partial charge >= 0.3 is 0 Å². The molecular weight excluding hydrogens is 142 g/mol. The van der Waals surface area contributed by atoms with Crippen molar-refractivity contribution in [1.82, 2.24) is 9.80 Å². The molecule has 1 saturated heterocycles. The monoisotopic (exact) mass is 157 g/mol. The van der Waals surface area contributed by atoms with Crippen LogP contribution in [0, 0.1) is 5.41 Å². The molecule has 4 heteroatoms. The summed E-state index contributed by atoms with van der Waals surface area (Å²) in [5.74, 6) is 0. The first-order valence-corrected chi connectivity index (χ1v) is 3.84. The second-order valence-corrected chi connectivity index (χ2v) is 2.83. The van der Waals surface area contributed by atoms with Gasteiger partial charge in [0.25, 0.3) is 0 Å². The van der Waals surface area contributed by atoms with Crippen LogP contribution in [0.15, 0.2) is 0 Å². The van der Waals surface area contributed by atoms with Crippen LogP contribution in [0.3, 0.4) is 0 Å². The molecule has 0 radical (unpaired) electrons. The predicted molar refractivity (Wildman–Crippen MR) is 43.8 cm³/mol. The van der Waals surface area contributed by atoms with Gasteiger partial charge in [0.15, 0.2) is 6.40 Å². The van der Waals surface area contributed by atoms with Gasteiger partial charge in [0.2, 0.25) is 0 Å². The molecule has 1 aliphatic heterocycles. The molecule has 0 saturated carbocycles. The SMILES string of the molecule is CN1CCN(COC=N)CC1. The van der Waals surface area contributed by atoms with Crippen LogP contribution in [0.1, 0.15) is 0 Å². The van der Waals surface area contributed by atoms with Gasteiger partial charge < -0.3 is 9.64 Å². The molecule has 0 unspecified atom stereocenters. The molecule has 1 N–H and O–H groups in total. The Bertz CT molecular complexity index is 121. The van der Waals surface area contributed by atoms with Crippen LogP contribution in [0.25, 0.3) is 0 Å². The lowest BCUT2D eigenvalue weighted by molar-refractivity contribution is 0.0735. The normalized spacial score (nSPS) is 21.5. The first-order chi connectivity index (χ1) is 5.33. The zero-order chi connectivity index (χ0) is 8.10. The Morgan fingerprint density at radius 2 is 2.00 bits per heavy atom. The highest BCUT2D eigenvalue weighted by molar-refractivity contribution is 5.40. The summed E-state index contributed by atoms with van der Waals surface area (Å²) in [5, 5.41) is 6.68. The molecule has 0 aromatic heterocycles. The molecule has 0 atom stereocenters. The summed E-state index contributed by atoms with van der Waals surface area (Å²) in [4.78, 5) is 4.49. The van der Waals surface area contributed by atoms with Crippen molar-refractivity contribution < 1.29 is 4.74 Å². The first-order valence-electron chi connectivity index (χ1n) is 3.84. The van der Waals surface area contributed by atoms with E-state index in [4.69, 9.17) is 10.1 Å². The van der Waals surface area contributed by atoms with Crippen molar-refractivity contribution >= 4 is 6.40 Å². The van der Waals surface area contributed by atoms with Crippen LogP contribution >= 0.6 is 0 Å². The first kappa shape index (κ1) is 8.49. The quantitative estimate of drug-likeness (QED) is 0.456. The lowest BCUT2D eigenvalue weighted by Gasteiger charge is -2.31. The summed E-state index contributed by atoms with van der Waals surface area (Å²) in [6.07, 6.45) is 0.998. The van der Waals surface area contributed by atoms with Gasteiger partial charge in [-0.05, 0) is 7.05 Å². The van der Waals surface area contributed by atoms with Gasteiger partial charge in [0, 0.05) is 26.2 Å². The summed E-state index contributed by atoms with van der Waals surface area (Å²) in [6.45, 7) is 4.86. The topological polar surface area (TPSA) is 39.6 Å². The van der Waals surface area contributed by atoms with Crippen LogP contribution in [-0.2, 0) is 4.74 Å². The lowest BCUT2D eigenvalue weighted by atomic mass is 10.3. The molecule has 1 heterocycles. The van der Waals surface area contributed by atoms with Crippen molar-refractivity contribution in [3.05, 3.63) is 0 Å². The fourth-order valence-corrected chi connectivity index (χ4v) is 1.12. The molecule has 0 aromatic carbocycles. The molecule has 1 aliphatic rings. The second kappa shape index (κ2) is 4.31. The van der Waals surface area contributed by atoms with Gasteiger partial charge in [0.05, 0.1) is 0 Å². The van der Waals surface area contributed by atoms with Gasteiger partial charge in [-0.15, -0.1) is 0 Å². The number of nitrogens with one attached hydrogen (secondary N) is 1. The third kappa shape index (κ3) is 2.86. The molecule has 0 aliphatic carbocycles. The van der Waals surface area contributed by atoms with Crippen molar-refractivity contribution in [3.8, 4) is 0 Å². The third-order valence-corrected chi connectivity index (χ3v) is 1.94. The zero-order valence-electron chi connectivity index (χ0n) is 6.92. The largest absolute Gasteiger partial charge is 0.468 e. The van der Waals surface area contributed by atoms with E-state index in [-0.39, 0.29) is 0 Å². The smallest absolute Gasteiger partial charge is 0.168 e. The van der Waals surface area contributed by atoms with E-state index >= 15 is 0 Å². The number of hydrogen-bond donors (Lipinski definition) is 1. The van der Waals surface area contributed by atoms with Crippen molar-refractivity contribution in [2.24, 2.45) is 0 Å². The van der Waals surface area contributed by atoms with Gasteiger partial charge in [-0.25, -0.2) is 0 Å². The molecule has 64 valence electrons. The number of piperazine rings is 1.